The Morgan fingerprint density at radius 3 is 2.85 bits per heavy atom. The Morgan fingerprint density at radius 2 is 2.20 bits per heavy atom. The first-order valence-electron chi connectivity index (χ1n) is 6.86. The largest absolute Gasteiger partial charge is 0.461 e. The molecule has 0 spiro atoms. The van der Waals surface area contributed by atoms with Gasteiger partial charge in [0.05, 0.1) is 0 Å². The summed E-state index contributed by atoms with van der Waals surface area (Å²) < 4.78 is 5.66. The zero-order valence-electron chi connectivity index (χ0n) is 11.8. The minimum absolute atomic E-state index is 0.0940. The molecule has 1 fully saturated rings. The van der Waals surface area contributed by atoms with E-state index in [1.165, 1.54) is 12.5 Å². The summed E-state index contributed by atoms with van der Waals surface area (Å²) >= 11 is 0. The Morgan fingerprint density at radius 1 is 1.45 bits per heavy atom. The molecule has 1 aliphatic rings. The highest BCUT2D eigenvalue weighted by molar-refractivity contribution is 5.91. The Balaban J connectivity index is 1.75. The van der Waals surface area contributed by atoms with E-state index in [9.17, 15) is 9.59 Å². The van der Waals surface area contributed by atoms with Crippen LogP contribution in [0.25, 0.3) is 6.08 Å². The molecule has 2 rings (SSSR count). The predicted molar refractivity (Wildman–Crippen MR) is 76.0 cm³/mol. The number of amides is 2. The number of carbonyl (C=O) groups is 2. The average molecular weight is 276 g/mol. The zero-order valence-corrected chi connectivity index (χ0v) is 11.8. The van der Waals surface area contributed by atoms with Gasteiger partial charge in [-0.2, -0.15) is 0 Å². The second-order valence-electron chi connectivity index (χ2n) is 5.11. The van der Waals surface area contributed by atoms with Crippen LogP contribution in [0, 0.1) is 5.92 Å². The fourth-order valence-electron chi connectivity index (χ4n) is 2.02. The van der Waals surface area contributed by atoms with E-state index in [0.29, 0.717) is 24.1 Å². The maximum Gasteiger partial charge on any atom is 0.244 e. The number of furan rings is 1. The van der Waals surface area contributed by atoms with Gasteiger partial charge >= 0.3 is 0 Å². The van der Waals surface area contributed by atoms with Crippen molar-refractivity contribution in [2.75, 3.05) is 13.6 Å². The Labute approximate surface area is 118 Å². The van der Waals surface area contributed by atoms with E-state index in [-0.39, 0.29) is 18.2 Å². The summed E-state index contributed by atoms with van der Waals surface area (Å²) in [4.78, 5) is 22.5. The third-order valence-electron chi connectivity index (χ3n) is 3.45. The van der Waals surface area contributed by atoms with Crippen LogP contribution in [0.15, 0.2) is 22.6 Å². The molecule has 0 radical (unpaired) electrons. The van der Waals surface area contributed by atoms with Crippen LogP contribution in [0.4, 0.5) is 0 Å². The highest BCUT2D eigenvalue weighted by Gasteiger charge is 2.36. The van der Waals surface area contributed by atoms with Crippen LogP contribution in [0.2, 0.25) is 0 Å². The summed E-state index contributed by atoms with van der Waals surface area (Å²) in [7, 11) is 1.57. The van der Waals surface area contributed by atoms with Gasteiger partial charge in [-0.1, -0.05) is 6.92 Å². The van der Waals surface area contributed by atoms with Crippen LogP contribution in [0.1, 0.15) is 37.2 Å². The number of hydrogen-bond donors (Lipinski definition) is 2. The smallest absolute Gasteiger partial charge is 0.244 e. The summed E-state index contributed by atoms with van der Waals surface area (Å²) in [5.41, 5.74) is 0. The molecule has 2 atom stereocenters. The molecule has 2 amide bonds. The molecule has 2 N–H and O–H groups in total. The van der Waals surface area contributed by atoms with E-state index in [4.69, 9.17) is 4.42 Å². The van der Waals surface area contributed by atoms with Gasteiger partial charge in [-0.05, 0) is 30.5 Å². The molecular formula is C15H20N2O3. The summed E-state index contributed by atoms with van der Waals surface area (Å²) in [5.74, 6) is 2.59. The molecule has 1 aromatic rings. The first kappa shape index (κ1) is 14.4. The van der Waals surface area contributed by atoms with Crippen LogP contribution in [-0.2, 0) is 9.59 Å². The lowest BCUT2D eigenvalue weighted by atomic mass is 10.3. The lowest BCUT2D eigenvalue weighted by molar-refractivity contribution is -0.120. The first-order valence-corrected chi connectivity index (χ1v) is 6.86. The fourth-order valence-corrected chi connectivity index (χ4v) is 2.02. The van der Waals surface area contributed by atoms with E-state index in [2.05, 4.69) is 17.6 Å². The van der Waals surface area contributed by atoms with E-state index in [0.717, 1.165) is 5.76 Å². The Hall–Kier alpha value is -2.04. The van der Waals surface area contributed by atoms with E-state index in [1.807, 2.05) is 12.1 Å². The van der Waals surface area contributed by atoms with Gasteiger partial charge in [-0.3, -0.25) is 9.59 Å². The molecule has 1 saturated carbocycles. The summed E-state index contributed by atoms with van der Waals surface area (Å²) in [6.07, 6.45) is 4.52. The van der Waals surface area contributed by atoms with Gasteiger partial charge in [0.1, 0.15) is 11.5 Å². The van der Waals surface area contributed by atoms with E-state index < -0.39 is 0 Å². The average Bonchev–Trinajstić information content (AvgIpc) is 2.99. The van der Waals surface area contributed by atoms with Crippen molar-refractivity contribution in [1.29, 1.82) is 0 Å². The molecule has 0 unspecified atom stereocenters. The number of nitrogens with one attached hydrogen (secondary N) is 2. The van der Waals surface area contributed by atoms with Crippen molar-refractivity contribution in [3.63, 3.8) is 0 Å². The van der Waals surface area contributed by atoms with Crippen LogP contribution < -0.4 is 10.6 Å². The SMILES string of the molecule is CNC(=O)CCNC(=O)/C=C/c1ccc([C@@H]2C[C@H]2C)o1. The first-order chi connectivity index (χ1) is 9.60. The van der Waals surface area contributed by atoms with Crippen molar-refractivity contribution < 1.29 is 14.0 Å². The quantitative estimate of drug-likeness (QED) is 0.776. The molecule has 0 aromatic carbocycles. The number of carbonyl (C=O) groups excluding carboxylic acids is 2. The summed E-state index contributed by atoms with van der Waals surface area (Å²) in [6.45, 7) is 2.52. The van der Waals surface area contributed by atoms with Crippen molar-refractivity contribution >= 4 is 17.9 Å². The van der Waals surface area contributed by atoms with Crippen LogP contribution >= 0.6 is 0 Å². The lowest BCUT2D eigenvalue weighted by Gasteiger charge is -2.00. The van der Waals surface area contributed by atoms with Gasteiger partial charge in [0.2, 0.25) is 11.8 Å². The predicted octanol–water partition coefficient (Wildman–Crippen LogP) is 1.67. The molecular weight excluding hydrogens is 256 g/mol. The number of hydrogen-bond acceptors (Lipinski definition) is 3. The molecule has 0 aliphatic heterocycles. The lowest BCUT2D eigenvalue weighted by Crippen LogP contribution is -2.27. The molecule has 1 aliphatic carbocycles. The molecule has 20 heavy (non-hydrogen) atoms. The third-order valence-corrected chi connectivity index (χ3v) is 3.45. The topological polar surface area (TPSA) is 71.3 Å². The van der Waals surface area contributed by atoms with E-state index in [1.54, 1.807) is 13.1 Å². The molecule has 108 valence electrons. The van der Waals surface area contributed by atoms with E-state index >= 15 is 0 Å². The van der Waals surface area contributed by atoms with Crippen molar-refractivity contribution in [1.82, 2.24) is 10.6 Å². The van der Waals surface area contributed by atoms with Crippen LogP contribution in [-0.4, -0.2) is 25.4 Å². The second-order valence-corrected chi connectivity index (χ2v) is 5.11. The van der Waals surface area contributed by atoms with Gasteiger partial charge in [-0.15, -0.1) is 0 Å². The maximum atomic E-state index is 11.5. The molecule has 0 saturated heterocycles. The van der Waals surface area contributed by atoms with Crippen LogP contribution in [0.5, 0.6) is 0 Å². The van der Waals surface area contributed by atoms with Gasteiger partial charge in [0.15, 0.2) is 0 Å². The second kappa shape index (κ2) is 6.41. The molecule has 5 nitrogen and oxygen atoms in total. The molecule has 1 heterocycles. The highest BCUT2D eigenvalue weighted by atomic mass is 16.3. The van der Waals surface area contributed by atoms with Gasteiger partial charge in [0.25, 0.3) is 0 Å². The minimum Gasteiger partial charge on any atom is -0.461 e. The third kappa shape index (κ3) is 3.98. The Kier molecular flexibility index (Phi) is 4.61. The Bertz CT molecular complexity index is 519. The van der Waals surface area contributed by atoms with Crippen molar-refractivity contribution in [2.24, 2.45) is 5.92 Å². The van der Waals surface area contributed by atoms with Gasteiger partial charge in [-0.25, -0.2) is 0 Å². The highest BCUT2D eigenvalue weighted by Crippen LogP contribution is 2.47. The molecule has 0 bridgehead atoms. The molecule has 1 aromatic heterocycles. The summed E-state index contributed by atoms with van der Waals surface area (Å²) in [6, 6.07) is 3.84. The normalized spacial score (nSPS) is 20.9. The van der Waals surface area contributed by atoms with Crippen molar-refractivity contribution in [2.45, 2.75) is 25.7 Å². The standard InChI is InChI=1S/C15H20N2O3/c1-10-9-12(10)13-5-3-11(20-13)4-6-15(19)17-8-7-14(18)16-2/h3-6,10,12H,7-9H2,1-2H3,(H,16,18)(H,17,19)/b6-4+/t10-,12-/m1/s1. The van der Waals surface area contributed by atoms with Crippen molar-refractivity contribution in [3.05, 3.63) is 29.7 Å². The molecule has 5 heteroatoms. The maximum absolute atomic E-state index is 11.5. The van der Waals surface area contributed by atoms with Crippen LogP contribution in [0.3, 0.4) is 0 Å². The number of rotatable bonds is 6. The van der Waals surface area contributed by atoms with Gasteiger partial charge < -0.3 is 15.1 Å². The van der Waals surface area contributed by atoms with Gasteiger partial charge in [0, 0.05) is 32.0 Å². The monoisotopic (exact) mass is 276 g/mol. The zero-order chi connectivity index (χ0) is 14.5. The minimum atomic E-state index is -0.230. The van der Waals surface area contributed by atoms with Crippen molar-refractivity contribution in [3.8, 4) is 0 Å². The fraction of sp³-hybridized carbons (Fsp3) is 0.467. The summed E-state index contributed by atoms with van der Waals surface area (Å²) in [5, 5.41) is 5.13.